The fourth-order valence-corrected chi connectivity index (χ4v) is 2.95. The number of alkyl halides is 3. The van der Waals surface area contributed by atoms with Crippen molar-refractivity contribution >= 4 is 27.8 Å². The van der Waals surface area contributed by atoms with Crippen molar-refractivity contribution in [3.8, 4) is 0 Å². The molecule has 0 aliphatic heterocycles. The summed E-state index contributed by atoms with van der Waals surface area (Å²) in [7, 11) is 0. The van der Waals surface area contributed by atoms with E-state index in [1.54, 1.807) is 24.3 Å². The minimum atomic E-state index is -4.53. The first kappa shape index (κ1) is 21.9. The summed E-state index contributed by atoms with van der Waals surface area (Å²) in [5.41, 5.74) is -1.80. The Balaban J connectivity index is 2.25. The Morgan fingerprint density at radius 2 is 1.54 bits per heavy atom. The van der Waals surface area contributed by atoms with Crippen molar-refractivity contribution in [2.45, 2.75) is 31.2 Å². The van der Waals surface area contributed by atoms with Gasteiger partial charge in [-0.2, -0.15) is 13.2 Å². The van der Waals surface area contributed by atoms with Crippen LogP contribution in [0, 0.1) is 0 Å². The van der Waals surface area contributed by atoms with E-state index in [4.69, 9.17) is 0 Å². The number of amides is 1. The van der Waals surface area contributed by atoms with Crippen LogP contribution in [0.3, 0.4) is 0 Å². The van der Waals surface area contributed by atoms with E-state index in [1.807, 2.05) is 0 Å². The predicted octanol–water partition coefficient (Wildman–Crippen LogP) is 4.01. The SMILES string of the molecule is CC(CC(=O)O)(NC(=O)C(O)c1ccc(C(F)(F)F)cc1)c1ccc(Br)cc1. The molecule has 2 rings (SSSR count). The minimum Gasteiger partial charge on any atom is -0.481 e. The van der Waals surface area contributed by atoms with Crippen LogP contribution in [0.25, 0.3) is 0 Å². The highest BCUT2D eigenvalue weighted by atomic mass is 79.9. The van der Waals surface area contributed by atoms with E-state index in [0.717, 1.165) is 28.7 Å². The molecule has 5 nitrogen and oxygen atoms in total. The van der Waals surface area contributed by atoms with Crippen molar-refractivity contribution in [3.05, 3.63) is 69.7 Å². The molecule has 0 radical (unpaired) electrons. The summed E-state index contributed by atoms with van der Waals surface area (Å²) in [6.45, 7) is 1.49. The fraction of sp³-hybridized carbons (Fsp3) is 0.263. The van der Waals surface area contributed by atoms with Gasteiger partial charge >= 0.3 is 12.1 Å². The summed E-state index contributed by atoms with van der Waals surface area (Å²) >= 11 is 3.26. The molecular weight excluding hydrogens is 443 g/mol. The second kappa shape index (κ2) is 8.32. The summed E-state index contributed by atoms with van der Waals surface area (Å²) in [6.07, 6.45) is -6.75. The van der Waals surface area contributed by atoms with Crippen molar-refractivity contribution in [2.75, 3.05) is 0 Å². The largest absolute Gasteiger partial charge is 0.481 e. The van der Waals surface area contributed by atoms with Crippen molar-refractivity contribution in [3.63, 3.8) is 0 Å². The average molecular weight is 460 g/mol. The lowest BCUT2D eigenvalue weighted by molar-refractivity contribution is -0.140. The summed E-state index contributed by atoms with van der Waals surface area (Å²) in [6, 6.07) is 10.1. The Morgan fingerprint density at radius 3 is 2.00 bits per heavy atom. The van der Waals surface area contributed by atoms with Crippen molar-refractivity contribution in [1.29, 1.82) is 0 Å². The van der Waals surface area contributed by atoms with Crippen LogP contribution in [0.2, 0.25) is 0 Å². The summed E-state index contributed by atoms with van der Waals surface area (Å²) in [4.78, 5) is 23.8. The highest BCUT2D eigenvalue weighted by Crippen LogP contribution is 2.31. The first-order chi connectivity index (χ1) is 12.9. The number of carboxylic acids is 1. The third kappa shape index (κ3) is 5.32. The molecule has 9 heteroatoms. The van der Waals surface area contributed by atoms with Crippen LogP contribution >= 0.6 is 15.9 Å². The fourth-order valence-electron chi connectivity index (χ4n) is 2.68. The maximum atomic E-state index is 12.6. The molecule has 2 aromatic rings. The quantitative estimate of drug-likeness (QED) is 0.608. The standard InChI is InChI=1S/C19H17BrF3NO4/c1-18(10-15(25)26,12-6-8-14(20)9-7-12)24-17(28)16(27)11-2-4-13(5-3-11)19(21,22)23/h2-9,16,27H,10H2,1H3,(H,24,28)(H,25,26). The van der Waals surface area contributed by atoms with Gasteiger partial charge in [0, 0.05) is 4.47 Å². The minimum absolute atomic E-state index is 0.0426. The number of rotatable bonds is 6. The Labute approximate surface area is 167 Å². The number of hydrogen-bond acceptors (Lipinski definition) is 3. The lowest BCUT2D eigenvalue weighted by Crippen LogP contribution is -2.47. The van der Waals surface area contributed by atoms with Crippen LogP contribution in [0.4, 0.5) is 13.2 Å². The topological polar surface area (TPSA) is 86.6 Å². The zero-order chi connectivity index (χ0) is 21.1. The van der Waals surface area contributed by atoms with Gasteiger partial charge in [0.05, 0.1) is 17.5 Å². The first-order valence-electron chi connectivity index (χ1n) is 8.07. The van der Waals surface area contributed by atoms with E-state index in [9.17, 15) is 33.0 Å². The van der Waals surface area contributed by atoms with Gasteiger partial charge in [0.1, 0.15) is 0 Å². The Kier molecular flexibility index (Phi) is 6.51. The van der Waals surface area contributed by atoms with Gasteiger partial charge in [-0.3, -0.25) is 9.59 Å². The molecule has 0 saturated carbocycles. The van der Waals surface area contributed by atoms with Gasteiger partial charge in [-0.1, -0.05) is 40.2 Å². The number of benzene rings is 2. The Bertz CT molecular complexity index is 853. The van der Waals surface area contributed by atoms with Crippen LogP contribution in [-0.4, -0.2) is 22.1 Å². The second-order valence-corrected chi connectivity index (χ2v) is 7.34. The number of aliphatic hydroxyl groups excluding tert-OH is 1. The Hall–Kier alpha value is -2.39. The molecule has 0 heterocycles. The van der Waals surface area contributed by atoms with E-state index in [0.29, 0.717) is 5.56 Å². The van der Waals surface area contributed by atoms with Gasteiger partial charge in [0.2, 0.25) is 0 Å². The Morgan fingerprint density at radius 1 is 1.04 bits per heavy atom. The van der Waals surface area contributed by atoms with Crippen LogP contribution < -0.4 is 5.32 Å². The molecule has 1 amide bonds. The molecule has 150 valence electrons. The van der Waals surface area contributed by atoms with Crippen molar-refractivity contribution in [2.24, 2.45) is 0 Å². The molecule has 28 heavy (non-hydrogen) atoms. The van der Waals surface area contributed by atoms with Gasteiger partial charge in [0.15, 0.2) is 6.10 Å². The maximum absolute atomic E-state index is 12.6. The van der Waals surface area contributed by atoms with Crippen molar-refractivity contribution < 1.29 is 33.0 Å². The van der Waals surface area contributed by atoms with E-state index in [1.165, 1.54) is 6.92 Å². The number of carboxylic acid groups (broad SMARTS) is 1. The lowest BCUT2D eigenvalue weighted by atomic mass is 9.88. The van der Waals surface area contributed by atoms with Gasteiger partial charge in [-0.15, -0.1) is 0 Å². The number of aliphatic hydroxyl groups is 1. The monoisotopic (exact) mass is 459 g/mol. The lowest BCUT2D eigenvalue weighted by Gasteiger charge is -2.31. The van der Waals surface area contributed by atoms with E-state index < -0.39 is 41.7 Å². The van der Waals surface area contributed by atoms with E-state index >= 15 is 0 Å². The molecule has 3 N–H and O–H groups in total. The molecule has 0 aliphatic carbocycles. The molecule has 0 bridgehead atoms. The average Bonchev–Trinajstić information content (AvgIpc) is 2.60. The highest BCUT2D eigenvalue weighted by Gasteiger charge is 2.34. The number of carbonyl (C=O) groups is 2. The molecule has 2 atom stereocenters. The third-order valence-electron chi connectivity index (χ3n) is 4.19. The van der Waals surface area contributed by atoms with Crippen LogP contribution in [0.15, 0.2) is 53.0 Å². The van der Waals surface area contributed by atoms with Gasteiger partial charge in [-0.05, 0) is 42.3 Å². The second-order valence-electron chi connectivity index (χ2n) is 6.42. The van der Waals surface area contributed by atoms with Crippen molar-refractivity contribution in [1.82, 2.24) is 5.32 Å². The van der Waals surface area contributed by atoms with Gasteiger partial charge < -0.3 is 15.5 Å². The number of carbonyl (C=O) groups excluding carboxylic acids is 1. The molecule has 0 fully saturated rings. The van der Waals surface area contributed by atoms with Crippen LogP contribution in [-0.2, 0) is 21.3 Å². The zero-order valence-electron chi connectivity index (χ0n) is 14.6. The van der Waals surface area contributed by atoms with Gasteiger partial charge in [0.25, 0.3) is 5.91 Å². The third-order valence-corrected chi connectivity index (χ3v) is 4.72. The van der Waals surface area contributed by atoms with E-state index in [-0.39, 0.29) is 5.56 Å². The smallest absolute Gasteiger partial charge is 0.416 e. The summed E-state index contributed by atoms with van der Waals surface area (Å²) in [5.74, 6) is -2.10. The molecule has 0 spiro atoms. The van der Waals surface area contributed by atoms with Gasteiger partial charge in [-0.25, -0.2) is 0 Å². The molecule has 0 aliphatic rings. The molecule has 0 aromatic heterocycles. The molecular formula is C19H17BrF3NO4. The normalized spacial score (nSPS) is 14.8. The molecule has 2 aromatic carbocycles. The maximum Gasteiger partial charge on any atom is 0.416 e. The number of halogens is 4. The molecule has 0 saturated heterocycles. The van der Waals surface area contributed by atoms with Crippen LogP contribution in [0.1, 0.15) is 36.1 Å². The highest BCUT2D eigenvalue weighted by molar-refractivity contribution is 9.10. The first-order valence-corrected chi connectivity index (χ1v) is 8.87. The summed E-state index contributed by atoms with van der Waals surface area (Å²) < 4.78 is 38.7. The zero-order valence-corrected chi connectivity index (χ0v) is 16.2. The molecule has 2 unspecified atom stereocenters. The predicted molar refractivity (Wildman–Crippen MR) is 98.3 cm³/mol. The number of nitrogens with one attached hydrogen (secondary N) is 1. The number of hydrogen-bond donors (Lipinski definition) is 3. The number of aliphatic carboxylic acids is 1. The van der Waals surface area contributed by atoms with E-state index in [2.05, 4.69) is 21.2 Å². The summed E-state index contributed by atoms with van der Waals surface area (Å²) in [5, 5.41) is 21.9. The van der Waals surface area contributed by atoms with Crippen LogP contribution in [0.5, 0.6) is 0 Å².